The number of H-pyrrole nitrogens is 1. The molecule has 0 radical (unpaired) electrons. The van der Waals surface area contributed by atoms with E-state index in [0.29, 0.717) is 17.9 Å². The number of nitrogens with one attached hydrogen (secondary N) is 2. The maximum atomic E-state index is 12.0. The van der Waals surface area contributed by atoms with E-state index >= 15 is 0 Å². The molecule has 2 aromatic rings. The standard InChI is InChI=1S/C12H19N7O/c1-5-19-10(8(2)15-17-19)7-13-11-9(6-14-16-11)12(20)18(3)4/h6H,5,7H2,1-4H3,(H2,13,14,16). The summed E-state index contributed by atoms with van der Waals surface area (Å²) >= 11 is 0. The molecule has 2 heterocycles. The van der Waals surface area contributed by atoms with Gasteiger partial charge in [0.1, 0.15) is 11.4 Å². The monoisotopic (exact) mass is 277 g/mol. The van der Waals surface area contributed by atoms with Gasteiger partial charge >= 0.3 is 0 Å². The molecule has 0 aliphatic carbocycles. The lowest BCUT2D eigenvalue weighted by Gasteiger charge is -2.11. The quantitative estimate of drug-likeness (QED) is 0.837. The molecule has 20 heavy (non-hydrogen) atoms. The highest BCUT2D eigenvalue weighted by Crippen LogP contribution is 2.14. The Morgan fingerprint density at radius 1 is 1.50 bits per heavy atom. The summed E-state index contributed by atoms with van der Waals surface area (Å²) in [4.78, 5) is 13.5. The maximum Gasteiger partial charge on any atom is 0.258 e. The molecule has 108 valence electrons. The lowest BCUT2D eigenvalue weighted by atomic mass is 10.2. The minimum absolute atomic E-state index is 0.0971. The summed E-state index contributed by atoms with van der Waals surface area (Å²) in [6.45, 7) is 5.21. The number of aromatic nitrogens is 5. The molecular weight excluding hydrogens is 258 g/mol. The molecule has 8 heteroatoms. The number of carbonyl (C=O) groups excluding carboxylic acids is 1. The summed E-state index contributed by atoms with van der Waals surface area (Å²) in [5, 5.41) is 18.0. The van der Waals surface area contributed by atoms with Crippen molar-refractivity contribution >= 4 is 11.7 Å². The van der Waals surface area contributed by atoms with Gasteiger partial charge in [-0.25, -0.2) is 4.68 Å². The SMILES string of the molecule is CCn1nnc(C)c1CNc1[nH]ncc1C(=O)N(C)C. The van der Waals surface area contributed by atoms with E-state index < -0.39 is 0 Å². The highest BCUT2D eigenvalue weighted by atomic mass is 16.2. The molecule has 2 N–H and O–H groups in total. The Kier molecular flexibility index (Phi) is 4.02. The fourth-order valence-corrected chi connectivity index (χ4v) is 1.89. The fourth-order valence-electron chi connectivity index (χ4n) is 1.89. The normalized spacial score (nSPS) is 10.6. The van der Waals surface area contributed by atoms with Crippen molar-refractivity contribution in [2.75, 3.05) is 19.4 Å². The van der Waals surface area contributed by atoms with Gasteiger partial charge < -0.3 is 10.2 Å². The van der Waals surface area contributed by atoms with Gasteiger partial charge in [-0.2, -0.15) is 5.10 Å². The predicted octanol–water partition coefficient (Wildman–Crippen LogP) is 0.643. The molecule has 0 saturated carbocycles. The third kappa shape index (κ3) is 2.63. The number of aryl methyl sites for hydroxylation is 2. The Bertz CT molecular complexity index is 599. The molecule has 2 aromatic heterocycles. The van der Waals surface area contributed by atoms with Crippen LogP contribution in [0.1, 0.15) is 28.7 Å². The Hall–Kier alpha value is -2.38. The van der Waals surface area contributed by atoms with E-state index in [9.17, 15) is 4.79 Å². The first-order valence-electron chi connectivity index (χ1n) is 6.42. The number of rotatable bonds is 5. The lowest BCUT2D eigenvalue weighted by Crippen LogP contribution is -2.22. The van der Waals surface area contributed by atoms with Gasteiger partial charge in [-0.1, -0.05) is 5.21 Å². The zero-order valence-corrected chi connectivity index (χ0v) is 12.1. The number of aromatic amines is 1. The van der Waals surface area contributed by atoms with Gasteiger partial charge in [-0.3, -0.25) is 9.89 Å². The molecule has 0 bridgehead atoms. The van der Waals surface area contributed by atoms with Gasteiger partial charge in [0.05, 0.1) is 24.1 Å². The molecule has 0 fully saturated rings. The fraction of sp³-hybridized carbons (Fsp3) is 0.500. The van der Waals surface area contributed by atoms with Gasteiger partial charge in [0, 0.05) is 20.6 Å². The van der Waals surface area contributed by atoms with Gasteiger partial charge in [0.15, 0.2) is 0 Å². The molecule has 0 aromatic carbocycles. The van der Waals surface area contributed by atoms with Crippen molar-refractivity contribution in [3.63, 3.8) is 0 Å². The highest BCUT2D eigenvalue weighted by Gasteiger charge is 2.16. The number of amides is 1. The van der Waals surface area contributed by atoms with Crippen LogP contribution in [0.25, 0.3) is 0 Å². The van der Waals surface area contributed by atoms with Crippen LogP contribution in [-0.4, -0.2) is 50.1 Å². The van der Waals surface area contributed by atoms with Crippen LogP contribution in [0, 0.1) is 6.92 Å². The summed E-state index contributed by atoms with van der Waals surface area (Å²) in [7, 11) is 3.42. The average molecular weight is 277 g/mol. The number of anilines is 1. The Balaban J connectivity index is 2.14. The van der Waals surface area contributed by atoms with Crippen LogP contribution in [0.15, 0.2) is 6.20 Å². The van der Waals surface area contributed by atoms with Crippen LogP contribution in [0.2, 0.25) is 0 Å². The molecule has 0 unspecified atom stereocenters. The van der Waals surface area contributed by atoms with E-state index in [1.54, 1.807) is 14.1 Å². The van der Waals surface area contributed by atoms with Crippen molar-refractivity contribution in [1.29, 1.82) is 0 Å². The van der Waals surface area contributed by atoms with Crippen LogP contribution >= 0.6 is 0 Å². The van der Waals surface area contributed by atoms with Crippen LogP contribution in [0.4, 0.5) is 5.82 Å². The highest BCUT2D eigenvalue weighted by molar-refractivity contribution is 5.98. The number of nitrogens with zero attached hydrogens (tertiary/aromatic N) is 5. The van der Waals surface area contributed by atoms with Crippen LogP contribution < -0.4 is 5.32 Å². The first kappa shape index (κ1) is 14.0. The van der Waals surface area contributed by atoms with E-state index in [-0.39, 0.29) is 5.91 Å². The van der Waals surface area contributed by atoms with E-state index in [2.05, 4.69) is 25.8 Å². The van der Waals surface area contributed by atoms with Gasteiger partial charge in [0.2, 0.25) is 0 Å². The van der Waals surface area contributed by atoms with Gasteiger partial charge in [-0.05, 0) is 13.8 Å². The Morgan fingerprint density at radius 3 is 2.90 bits per heavy atom. The topological polar surface area (TPSA) is 91.7 Å². The zero-order chi connectivity index (χ0) is 14.7. The predicted molar refractivity (Wildman–Crippen MR) is 74.4 cm³/mol. The minimum atomic E-state index is -0.0971. The van der Waals surface area contributed by atoms with Crippen LogP contribution in [0.5, 0.6) is 0 Å². The molecule has 0 spiro atoms. The van der Waals surface area contributed by atoms with E-state index in [0.717, 1.165) is 17.9 Å². The molecule has 1 amide bonds. The van der Waals surface area contributed by atoms with Crippen molar-refractivity contribution in [3.8, 4) is 0 Å². The second-order valence-electron chi connectivity index (χ2n) is 4.65. The number of hydrogen-bond donors (Lipinski definition) is 2. The number of carbonyl (C=O) groups is 1. The molecule has 8 nitrogen and oxygen atoms in total. The summed E-state index contributed by atoms with van der Waals surface area (Å²) in [6.07, 6.45) is 1.52. The molecular formula is C12H19N7O. The zero-order valence-electron chi connectivity index (χ0n) is 12.1. The maximum absolute atomic E-state index is 12.0. The summed E-state index contributed by atoms with van der Waals surface area (Å²) < 4.78 is 1.83. The first-order valence-corrected chi connectivity index (χ1v) is 6.42. The molecule has 0 atom stereocenters. The van der Waals surface area contributed by atoms with Gasteiger partial charge in [-0.15, -0.1) is 5.10 Å². The molecule has 0 saturated heterocycles. The van der Waals surface area contributed by atoms with E-state index in [1.807, 2.05) is 18.5 Å². The van der Waals surface area contributed by atoms with Crippen molar-refractivity contribution < 1.29 is 4.79 Å². The third-order valence-electron chi connectivity index (χ3n) is 3.04. The smallest absolute Gasteiger partial charge is 0.258 e. The summed E-state index contributed by atoms with van der Waals surface area (Å²) in [5.41, 5.74) is 2.38. The van der Waals surface area contributed by atoms with Crippen molar-refractivity contribution in [1.82, 2.24) is 30.1 Å². The second kappa shape index (κ2) is 5.72. The average Bonchev–Trinajstić information content (AvgIpc) is 3.01. The van der Waals surface area contributed by atoms with Crippen LogP contribution in [0.3, 0.4) is 0 Å². The Labute approximate surface area is 117 Å². The third-order valence-corrected chi connectivity index (χ3v) is 3.04. The van der Waals surface area contributed by atoms with E-state index in [4.69, 9.17) is 0 Å². The van der Waals surface area contributed by atoms with Crippen molar-refractivity contribution in [3.05, 3.63) is 23.1 Å². The largest absolute Gasteiger partial charge is 0.364 e. The molecule has 0 aliphatic rings. The van der Waals surface area contributed by atoms with Crippen molar-refractivity contribution in [2.24, 2.45) is 0 Å². The lowest BCUT2D eigenvalue weighted by molar-refractivity contribution is 0.0828. The Morgan fingerprint density at radius 2 is 2.25 bits per heavy atom. The van der Waals surface area contributed by atoms with Gasteiger partial charge in [0.25, 0.3) is 5.91 Å². The first-order chi connectivity index (χ1) is 9.54. The summed E-state index contributed by atoms with van der Waals surface area (Å²) in [6, 6.07) is 0. The molecule has 0 aliphatic heterocycles. The minimum Gasteiger partial charge on any atom is -0.364 e. The van der Waals surface area contributed by atoms with Crippen LogP contribution in [-0.2, 0) is 13.1 Å². The second-order valence-corrected chi connectivity index (χ2v) is 4.65. The van der Waals surface area contributed by atoms with Crippen molar-refractivity contribution in [2.45, 2.75) is 26.9 Å². The number of hydrogen-bond acceptors (Lipinski definition) is 5. The van der Waals surface area contributed by atoms with E-state index in [1.165, 1.54) is 11.1 Å². The summed E-state index contributed by atoms with van der Waals surface area (Å²) in [5.74, 6) is 0.507. The molecule has 2 rings (SSSR count).